The molecule has 0 aliphatic rings. The summed E-state index contributed by atoms with van der Waals surface area (Å²) in [6.07, 6.45) is 0. The second-order valence-corrected chi connectivity index (χ2v) is 4.92. The van der Waals surface area contributed by atoms with E-state index in [0.29, 0.717) is 6.04 Å². The lowest BCUT2D eigenvalue weighted by atomic mass is 9.95. The van der Waals surface area contributed by atoms with Gasteiger partial charge in [-0.2, -0.15) is 11.3 Å². The summed E-state index contributed by atoms with van der Waals surface area (Å²) in [5, 5.41) is 7.74. The van der Waals surface area contributed by atoms with Crippen LogP contribution in [0.2, 0.25) is 0 Å². The minimum atomic E-state index is 0.311. The zero-order chi connectivity index (χ0) is 11.5. The fraction of sp³-hybridized carbons (Fsp3) is 0.286. The van der Waals surface area contributed by atoms with E-state index >= 15 is 0 Å². The van der Waals surface area contributed by atoms with Crippen LogP contribution in [0.4, 0.5) is 0 Å². The van der Waals surface area contributed by atoms with Crippen molar-refractivity contribution in [1.29, 1.82) is 0 Å². The number of benzene rings is 1. The van der Waals surface area contributed by atoms with Crippen molar-refractivity contribution in [2.24, 2.45) is 0 Å². The van der Waals surface area contributed by atoms with E-state index in [2.05, 4.69) is 54.2 Å². The summed E-state index contributed by atoms with van der Waals surface area (Å²) in [5.74, 6) is 0. The summed E-state index contributed by atoms with van der Waals surface area (Å²) in [6, 6.07) is 9.13. The van der Waals surface area contributed by atoms with Gasteiger partial charge >= 0.3 is 0 Å². The van der Waals surface area contributed by atoms with Crippen molar-refractivity contribution < 1.29 is 0 Å². The molecule has 2 rings (SSSR count). The Morgan fingerprint density at radius 2 is 2.00 bits per heavy atom. The normalized spacial score (nSPS) is 12.7. The first-order valence-corrected chi connectivity index (χ1v) is 6.43. The molecule has 1 heterocycles. The van der Waals surface area contributed by atoms with Gasteiger partial charge in [-0.25, -0.2) is 0 Å². The molecule has 0 saturated heterocycles. The summed E-state index contributed by atoms with van der Waals surface area (Å²) in [5.41, 5.74) is 5.38. The van der Waals surface area contributed by atoms with E-state index < -0.39 is 0 Å². The minimum absolute atomic E-state index is 0.311. The second-order valence-electron chi connectivity index (χ2n) is 4.14. The standard InChI is InChI=1S/C14H17NS/c1-10-4-5-11(2)13(8-10)14(15-3)12-6-7-16-9-12/h4-9,14-15H,1-3H3. The summed E-state index contributed by atoms with van der Waals surface area (Å²) < 4.78 is 0. The highest BCUT2D eigenvalue weighted by Gasteiger charge is 2.14. The molecule has 2 aromatic rings. The minimum Gasteiger partial charge on any atom is -0.309 e. The largest absolute Gasteiger partial charge is 0.309 e. The van der Waals surface area contributed by atoms with E-state index in [0.717, 1.165) is 0 Å². The van der Waals surface area contributed by atoms with E-state index in [1.165, 1.54) is 22.3 Å². The predicted octanol–water partition coefficient (Wildman–Crippen LogP) is 3.67. The number of nitrogens with one attached hydrogen (secondary N) is 1. The average Bonchev–Trinajstić information content (AvgIpc) is 2.78. The van der Waals surface area contributed by atoms with Crippen LogP contribution in [0.5, 0.6) is 0 Å². The molecule has 84 valence electrons. The maximum atomic E-state index is 3.40. The number of thiophene rings is 1. The number of hydrogen-bond acceptors (Lipinski definition) is 2. The second kappa shape index (κ2) is 4.81. The molecule has 0 amide bonds. The number of hydrogen-bond donors (Lipinski definition) is 1. The molecule has 0 aliphatic heterocycles. The Morgan fingerprint density at radius 3 is 2.62 bits per heavy atom. The molecule has 0 bridgehead atoms. The van der Waals surface area contributed by atoms with Crippen molar-refractivity contribution in [1.82, 2.24) is 5.32 Å². The van der Waals surface area contributed by atoms with Gasteiger partial charge in [-0.05, 0) is 54.4 Å². The average molecular weight is 231 g/mol. The highest BCUT2D eigenvalue weighted by molar-refractivity contribution is 7.08. The monoisotopic (exact) mass is 231 g/mol. The first-order valence-electron chi connectivity index (χ1n) is 5.49. The molecule has 1 N–H and O–H groups in total. The Bertz CT molecular complexity index is 460. The SMILES string of the molecule is CNC(c1ccsc1)c1cc(C)ccc1C. The Kier molecular flexibility index (Phi) is 3.42. The van der Waals surface area contributed by atoms with Gasteiger partial charge in [0.25, 0.3) is 0 Å². The molecule has 2 heteroatoms. The molecule has 1 unspecified atom stereocenters. The van der Waals surface area contributed by atoms with Crippen LogP contribution in [0.15, 0.2) is 35.0 Å². The Hall–Kier alpha value is -1.12. The molecule has 0 saturated carbocycles. The topological polar surface area (TPSA) is 12.0 Å². The maximum Gasteiger partial charge on any atom is 0.0585 e. The van der Waals surface area contributed by atoms with E-state index in [1.807, 2.05) is 7.05 Å². The predicted molar refractivity (Wildman–Crippen MR) is 71.1 cm³/mol. The van der Waals surface area contributed by atoms with Gasteiger partial charge in [-0.1, -0.05) is 23.8 Å². The highest BCUT2D eigenvalue weighted by atomic mass is 32.1. The van der Waals surface area contributed by atoms with Crippen LogP contribution < -0.4 is 5.32 Å². The number of aryl methyl sites for hydroxylation is 2. The van der Waals surface area contributed by atoms with Crippen LogP contribution in [-0.2, 0) is 0 Å². The first kappa shape index (κ1) is 11.4. The molecule has 1 nitrogen and oxygen atoms in total. The molecule has 0 radical (unpaired) electrons. The van der Waals surface area contributed by atoms with Crippen molar-refractivity contribution in [3.8, 4) is 0 Å². The van der Waals surface area contributed by atoms with Gasteiger partial charge in [0.05, 0.1) is 6.04 Å². The molecule has 1 aromatic carbocycles. The van der Waals surface area contributed by atoms with Crippen molar-refractivity contribution in [2.45, 2.75) is 19.9 Å². The van der Waals surface area contributed by atoms with Crippen LogP contribution in [-0.4, -0.2) is 7.05 Å². The van der Waals surface area contributed by atoms with Crippen LogP contribution in [0.3, 0.4) is 0 Å². The summed E-state index contributed by atoms with van der Waals surface area (Å²) in [6.45, 7) is 4.31. The number of rotatable bonds is 3. The smallest absolute Gasteiger partial charge is 0.0585 e. The molecule has 16 heavy (non-hydrogen) atoms. The van der Waals surface area contributed by atoms with Crippen LogP contribution in [0.1, 0.15) is 28.3 Å². The van der Waals surface area contributed by atoms with Crippen LogP contribution in [0, 0.1) is 13.8 Å². The fourth-order valence-corrected chi connectivity index (χ4v) is 2.70. The molecule has 0 aliphatic carbocycles. The van der Waals surface area contributed by atoms with E-state index in [4.69, 9.17) is 0 Å². The molecule has 1 atom stereocenters. The quantitative estimate of drug-likeness (QED) is 0.850. The van der Waals surface area contributed by atoms with Crippen LogP contribution >= 0.6 is 11.3 Å². The van der Waals surface area contributed by atoms with Gasteiger partial charge < -0.3 is 5.32 Å². The van der Waals surface area contributed by atoms with Gasteiger partial charge in [0, 0.05) is 0 Å². The summed E-state index contributed by atoms with van der Waals surface area (Å²) >= 11 is 1.75. The van der Waals surface area contributed by atoms with Gasteiger partial charge in [0.1, 0.15) is 0 Å². The lowest BCUT2D eigenvalue weighted by Crippen LogP contribution is -2.18. The van der Waals surface area contributed by atoms with Gasteiger partial charge in [0.2, 0.25) is 0 Å². The van der Waals surface area contributed by atoms with Crippen molar-refractivity contribution in [3.05, 3.63) is 57.3 Å². The first-order chi connectivity index (χ1) is 7.72. The Labute approximate surface area is 101 Å². The van der Waals surface area contributed by atoms with E-state index in [-0.39, 0.29) is 0 Å². The van der Waals surface area contributed by atoms with Gasteiger partial charge in [0.15, 0.2) is 0 Å². The third kappa shape index (κ3) is 2.18. The lowest BCUT2D eigenvalue weighted by molar-refractivity contribution is 0.689. The van der Waals surface area contributed by atoms with Gasteiger partial charge in [-0.3, -0.25) is 0 Å². The zero-order valence-corrected chi connectivity index (χ0v) is 10.8. The zero-order valence-electron chi connectivity index (χ0n) is 9.95. The lowest BCUT2D eigenvalue weighted by Gasteiger charge is -2.18. The summed E-state index contributed by atoms with van der Waals surface area (Å²) in [4.78, 5) is 0. The van der Waals surface area contributed by atoms with E-state index in [9.17, 15) is 0 Å². The molecule has 0 spiro atoms. The van der Waals surface area contributed by atoms with Crippen molar-refractivity contribution >= 4 is 11.3 Å². The molecular weight excluding hydrogens is 214 g/mol. The van der Waals surface area contributed by atoms with Crippen molar-refractivity contribution in [3.63, 3.8) is 0 Å². The van der Waals surface area contributed by atoms with Crippen LogP contribution in [0.25, 0.3) is 0 Å². The summed E-state index contributed by atoms with van der Waals surface area (Å²) in [7, 11) is 2.02. The third-order valence-electron chi connectivity index (χ3n) is 2.91. The van der Waals surface area contributed by atoms with Gasteiger partial charge in [-0.15, -0.1) is 0 Å². The van der Waals surface area contributed by atoms with E-state index in [1.54, 1.807) is 11.3 Å². The Morgan fingerprint density at radius 1 is 1.19 bits per heavy atom. The molecular formula is C14H17NS. The fourth-order valence-electron chi connectivity index (χ4n) is 2.01. The highest BCUT2D eigenvalue weighted by Crippen LogP contribution is 2.26. The molecule has 0 fully saturated rings. The third-order valence-corrected chi connectivity index (χ3v) is 3.61. The molecule has 1 aromatic heterocycles. The van der Waals surface area contributed by atoms with Crippen molar-refractivity contribution in [2.75, 3.05) is 7.05 Å². The Balaban J connectivity index is 2.44. The maximum absolute atomic E-state index is 3.40.